The minimum atomic E-state index is 0. The second-order valence-corrected chi connectivity index (χ2v) is 4.40. The van der Waals surface area contributed by atoms with E-state index < -0.39 is 0 Å². The molecule has 0 spiro atoms. The lowest BCUT2D eigenvalue weighted by atomic mass is 10.1. The Morgan fingerprint density at radius 1 is 1.40 bits per heavy atom. The predicted molar refractivity (Wildman–Crippen MR) is 68.9 cm³/mol. The van der Waals surface area contributed by atoms with Crippen molar-refractivity contribution < 1.29 is 4.79 Å². The van der Waals surface area contributed by atoms with Crippen LogP contribution >= 0.6 is 28.3 Å². The standard InChI is InChI=1S/C11H14BrNO.ClH/c1-13(2)7-6-11(14)9-4-3-5-10(12)8-9;/h3-5,8H,6-7H2,1-2H3;1H. The van der Waals surface area contributed by atoms with Crippen molar-refractivity contribution in [1.82, 2.24) is 4.90 Å². The molecule has 0 N–H and O–H groups in total. The summed E-state index contributed by atoms with van der Waals surface area (Å²) in [7, 11) is 3.93. The second-order valence-electron chi connectivity index (χ2n) is 3.49. The number of rotatable bonds is 4. The van der Waals surface area contributed by atoms with Gasteiger partial charge in [-0.1, -0.05) is 28.1 Å². The number of hydrogen-bond acceptors (Lipinski definition) is 2. The molecule has 4 heteroatoms. The molecule has 0 unspecified atom stereocenters. The van der Waals surface area contributed by atoms with Crippen LogP contribution in [0, 0.1) is 0 Å². The fourth-order valence-corrected chi connectivity index (χ4v) is 1.53. The van der Waals surface area contributed by atoms with Gasteiger partial charge in [-0.3, -0.25) is 4.79 Å². The van der Waals surface area contributed by atoms with E-state index in [0.29, 0.717) is 6.42 Å². The van der Waals surface area contributed by atoms with Crippen molar-refractivity contribution in [3.05, 3.63) is 34.3 Å². The fourth-order valence-electron chi connectivity index (χ4n) is 1.13. The zero-order valence-corrected chi connectivity index (χ0v) is 11.3. The molecule has 0 saturated heterocycles. The molecule has 0 amide bonds. The van der Waals surface area contributed by atoms with Crippen molar-refractivity contribution in [1.29, 1.82) is 0 Å². The van der Waals surface area contributed by atoms with Crippen molar-refractivity contribution >= 4 is 34.1 Å². The highest BCUT2D eigenvalue weighted by Crippen LogP contribution is 2.13. The van der Waals surface area contributed by atoms with Gasteiger partial charge in [0.2, 0.25) is 0 Å². The second kappa shape index (κ2) is 6.99. The lowest BCUT2D eigenvalue weighted by Gasteiger charge is -2.08. The Labute approximate surface area is 105 Å². The van der Waals surface area contributed by atoms with E-state index in [-0.39, 0.29) is 18.2 Å². The number of nitrogens with zero attached hydrogens (tertiary/aromatic N) is 1. The summed E-state index contributed by atoms with van der Waals surface area (Å²) < 4.78 is 0.952. The first-order valence-corrected chi connectivity index (χ1v) is 5.32. The first kappa shape index (κ1) is 14.6. The minimum absolute atomic E-state index is 0. The molecular weight excluding hydrogens is 277 g/mol. The third-order valence-electron chi connectivity index (χ3n) is 1.93. The van der Waals surface area contributed by atoms with Gasteiger partial charge in [0.05, 0.1) is 0 Å². The SMILES string of the molecule is CN(C)CCC(=O)c1cccc(Br)c1.Cl. The van der Waals surface area contributed by atoms with Gasteiger partial charge >= 0.3 is 0 Å². The topological polar surface area (TPSA) is 20.3 Å². The Bertz CT molecular complexity index is 328. The number of Topliss-reactive ketones (excluding diaryl/α,β-unsaturated/α-hetero) is 1. The third-order valence-corrected chi connectivity index (χ3v) is 2.43. The first-order valence-electron chi connectivity index (χ1n) is 4.53. The molecular formula is C11H15BrClNO. The smallest absolute Gasteiger partial charge is 0.164 e. The summed E-state index contributed by atoms with van der Waals surface area (Å²) in [5.41, 5.74) is 0.779. The van der Waals surface area contributed by atoms with Crippen LogP contribution in [0.15, 0.2) is 28.7 Å². The van der Waals surface area contributed by atoms with Crippen LogP contribution in [0.1, 0.15) is 16.8 Å². The summed E-state index contributed by atoms with van der Waals surface area (Å²) in [6, 6.07) is 7.51. The number of halogens is 2. The first-order chi connectivity index (χ1) is 6.59. The highest BCUT2D eigenvalue weighted by molar-refractivity contribution is 9.10. The lowest BCUT2D eigenvalue weighted by Crippen LogP contribution is -2.16. The summed E-state index contributed by atoms with van der Waals surface area (Å²) in [4.78, 5) is 13.7. The van der Waals surface area contributed by atoms with Crippen molar-refractivity contribution in [3.8, 4) is 0 Å². The average molecular weight is 293 g/mol. The maximum absolute atomic E-state index is 11.7. The lowest BCUT2D eigenvalue weighted by molar-refractivity contribution is 0.0972. The Morgan fingerprint density at radius 2 is 2.07 bits per heavy atom. The van der Waals surface area contributed by atoms with Gasteiger partial charge < -0.3 is 4.90 Å². The zero-order chi connectivity index (χ0) is 10.6. The Hall–Kier alpha value is -0.380. The van der Waals surface area contributed by atoms with Crippen LogP contribution in [0.5, 0.6) is 0 Å². The normalized spacial score (nSPS) is 9.87. The quantitative estimate of drug-likeness (QED) is 0.795. The van der Waals surface area contributed by atoms with Crippen LogP contribution in [0.4, 0.5) is 0 Å². The number of hydrogen-bond donors (Lipinski definition) is 0. The van der Waals surface area contributed by atoms with Crippen LogP contribution in [-0.4, -0.2) is 31.3 Å². The number of ketones is 1. The van der Waals surface area contributed by atoms with Crippen LogP contribution in [0.3, 0.4) is 0 Å². The Kier molecular flexibility index (Phi) is 6.81. The van der Waals surface area contributed by atoms with Gasteiger partial charge in [-0.2, -0.15) is 0 Å². The summed E-state index contributed by atoms with van der Waals surface area (Å²) in [6.07, 6.45) is 0.573. The molecule has 0 aliphatic heterocycles. The van der Waals surface area contributed by atoms with Gasteiger partial charge in [-0.05, 0) is 26.2 Å². The maximum atomic E-state index is 11.7. The largest absolute Gasteiger partial charge is 0.309 e. The van der Waals surface area contributed by atoms with Gasteiger partial charge in [-0.15, -0.1) is 12.4 Å². The summed E-state index contributed by atoms with van der Waals surface area (Å²) >= 11 is 3.35. The van der Waals surface area contributed by atoms with Crippen LogP contribution in [-0.2, 0) is 0 Å². The van der Waals surface area contributed by atoms with Crippen LogP contribution in [0.2, 0.25) is 0 Å². The van der Waals surface area contributed by atoms with Crippen molar-refractivity contribution in [2.75, 3.05) is 20.6 Å². The summed E-state index contributed by atoms with van der Waals surface area (Å²) in [5.74, 6) is 0.194. The van der Waals surface area contributed by atoms with E-state index in [9.17, 15) is 4.79 Å². The molecule has 0 aliphatic rings. The molecule has 15 heavy (non-hydrogen) atoms. The average Bonchev–Trinajstić information content (AvgIpc) is 2.14. The molecule has 0 radical (unpaired) electrons. The molecule has 0 aliphatic carbocycles. The molecule has 1 aromatic carbocycles. The van der Waals surface area contributed by atoms with Gasteiger partial charge in [0.1, 0.15) is 0 Å². The highest BCUT2D eigenvalue weighted by atomic mass is 79.9. The van der Waals surface area contributed by atoms with E-state index in [2.05, 4.69) is 15.9 Å². The van der Waals surface area contributed by atoms with Gasteiger partial charge in [0, 0.05) is 23.0 Å². The van der Waals surface area contributed by atoms with E-state index in [4.69, 9.17) is 0 Å². The number of carbonyl (C=O) groups excluding carboxylic acids is 1. The maximum Gasteiger partial charge on any atom is 0.164 e. The molecule has 0 fully saturated rings. The monoisotopic (exact) mass is 291 g/mol. The van der Waals surface area contributed by atoms with Gasteiger partial charge in [0.25, 0.3) is 0 Å². The number of carbonyl (C=O) groups is 1. The van der Waals surface area contributed by atoms with Crippen molar-refractivity contribution in [3.63, 3.8) is 0 Å². The fraction of sp³-hybridized carbons (Fsp3) is 0.364. The zero-order valence-electron chi connectivity index (χ0n) is 8.87. The van der Waals surface area contributed by atoms with E-state index in [1.54, 1.807) is 0 Å². The molecule has 0 heterocycles. The molecule has 0 bridgehead atoms. The molecule has 1 rings (SSSR count). The molecule has 84 valence electrons. The van der Waals surface area contributed by atoms with E-state index in [1.165, 1.54) is 0 Å². The minimum Gasteiger partial charge on any atom is -0.309 e. The third kappa shape index (κ3) is 5.30. The van der Waals surface area contributed by atoms with Crippen molar-refractivity contribution in [2.24, 2.45) is 0 Å². The highest BCUT2D eigenvalue weighted by Gasteiger charge is 2.05. The Morgan fingerprint density at radius 3 is 2.60 bits per heavy atom. The van der Waals surface area contributed by atoms with Crippen LogP contribution in [0.25, 0.3) is 0 Å². The Balaban J connectivity index is 0.00000196. The predicted octanol–water partition coefficient (Wildman–Crippen LogP) is 3.01. The molecule has 0 saturated carbocycles. The van der Waals surface area contributed by atoms with E-state index in [1.807, 2.05) is 43.3 Å². The molecule has 0 aromatic heterocycles. The van der Waals surface area contributed by atoms with Crippen LogP contribution < -0.4 is 0 Å². The molecule has 1 aromatic rings. The van der Waals surface area contributed by atoms with E-state index >= 15 is 0 Å². The van der Waals surface area contributed by atoms with Gasteiger partial charge in [0.15, 0.2) is 5.78 Å². The van der Waals surface area contributed by atoms with Crippen molar-refractivity contribution in [2.45, 2.75) is 6.42 Å². The summed E-state index contributed by atoms with van der Waals surface area (Å²) in [6.45, 7) is 0.797. The van der Waals surface area contributed by atoms with E-state index in [0.717, 1.165) is 16.6 Å². The summed E-state index contributed by atoms with van der Waals surface area (Å²) in [5, 5.41) is 0. The van der Waals surface area contributed by atoms with Gasteiger partial charge in [-0.25, -0.2) is 0 Å². The molecule has 2 nitrogen and oxygen atoms in total. The number of benzene rings is 1. The molecule has 0 atom stereocenters.